The summed E-state index contributed by atoms with van der Waals surface area (Å²) in [6, 6.07) is 0. The van der Waals surface area contributed by atoms with Crippen LogP contribution in [0.15, 0.2) is 0 Å². The Labute approximate surface area is 82.5 Å². The van der Waals surface area contributed by atoms with E-state index in [2.05, 4.69) is 26.5 Å². The first kappa shape index (κ1) is 10.4. The molecule has 0 radical (unpaired) electrons. The molecule has 0 bridgehead atoms. The molecule has 1 atom stereocenters. The standard InChI is InChI=1S/C11H22S/c1-11(2)7-3-5-10(9-11)6-4-8-12/h10,12H,3-9H2,1-2H3. The molecular formula is C11H22S. The Kier molecular flexibility index (Phi) is 3.95. The van der Waals surface area contributed by atoms with Crippen molar-refractivity contribution in [1.82, 2.24) is 0 Å². The molecule has 0 aromatic rings. The maximum atomic E-state index is 4.26. The van der Waals surface area contributed by atoms with Crippen molar-refractivity contribution in [3.63, 3.8) is 0 Å². The van der Waals surface area contributed by atoms with Gasteiger partial charge in [0.15, 0.2) is 0 Å². The molecule has 1 fully saturated rings. The van der Waals surface area contributed by atoms with Crippen molar-refractivity contribution in [2.24, 2.45) is 11.3 Å². The van der Waals surface area contributed by atoms with E-state index in [4.69, 9.17) is 0 Å². The third kappa shape index (κ3) is 3.38. The summed E-state index contributed by atoms with van der Waals surface area (Å²) in [5.74, 6) is 2.07. The van der Waals surface area contributed by atoms with E-state index in [0.717, 1.165) is 11.7 Å². The molecule has 0 amide bonds. The summed E-state index contributed by atoms with van der Waals surface area (Å²) < 4.78 is 0. The summed E-state index contributed by atoms with van der Waals surface area (Å²) in [4.78, 5) is 0. The van der Waals surface area contributed by atoms with E-state index in [0.29, 0.717) is 5.41 Å². The SMILES string of the molecule is CC1(C)CCCC(CCCS)C1. The zero-order chi connectivity index (χ0) is 9.03. The fourth-order valence-corrected chi connectivity index (χ4v) is 2.66. The van der Waals surface area contributed by atoms with Crippen LogP contribution in [0.2, 0.25) is 0 Å². The van der Waals surface area contributed by atoms with Crippen LogP contribution in [-0.2, 0) is 0 Å². The second-order valence-electron chi connectivity index (χ2n) is 4.99. The van der Waals surface area contributed by atoms with Crippen LogP contribution in [0.1, 0.15) is 52.4 Å². The second-order valence-corrected chi connectivity index (χ2v) is 5.44. The van der Waals surface area contributed by atoms with E-state index in [1.807, 2.05) is 0 Å². The average Bonchev–Trinajstić information content (AvgIpc) is 1.99. The van der Waals surface area contributed by atoms with Crippen molar-refractivity contribution >= 4 is 12.6 Å². The Bertz CT molecular complexity index is 129. The molecule has 0 aromatic heterocycles. The molecule has 1 aliphatic rings. The Morgan fingerprint density at radius 3 is 2.75 bits per heavy atom. The van der Waals surface area contributed by atoms with Crippen molar-refractivity contribution in [2.45, 2.75) is 52.4 Å². The van der Waals surface area contributed by atoms with E-state index in [1.165, 1.54) is 38.5 Å². The van der Waals surface area contributed by atoms with Crippen LogP contribution < -0.4 is 0 Å². The van der Waals surface area contributed by atoms with Gasteiger partial charge in [-0.2, -0.15) is 12.6 Å². The van der Waals surface area contributed by atoms with Gasteiger partial charge in [0.1, 0.15) is 0 Å². The Balaban J connectivity index is 2.26. The van der Waals surface area contributed by atoms with Crippen LogP contribution >= 0.6 is 12.6 Å². The summed E-state index contributed by atoms with van der Waals surface area (Å²) in [5, 5.41) is 0. The smallest absolute Gasteiger partial charge is 0.00978 e. The lowest BCUT2D eigenvalue weighted by atomic mass is 9.71. The quantitative estimate of drug-likeness (QED) is 0.635. The maximum absolute atomic E-state index is 4.26. The molecule has 0 spiro atoms. The molecule has 1 aliphatic carbocycles. The van der Waals surface area contributed by atoms with Crippen LogP contribution in [0, 0.1) is 11.3 Å². The van der Waals surface area contributed by atoms with Crippen molar-refractivity contribution in [3.8, 4) is 0 Å². The predicted molar refractivity (Wildman–Crippen MR) is 58.8 cm³/mol. The highest BCUT2D eigenvalue weighted by Gasteiger charge is 2.27. The van der Waals surface area contributed by atoms with Gasteiger partial charge in [-0.1, -0.05) is 26.7 Å². The van der Waals surface area contributed by atoms with Gasteiger partial charge < -0.3 is 0 Å². The fourth-order valence-electron chi connectivity index (χ4n) is 2.48. The molecular weight excluding hydrogens is 164 g/mol. The first-order valence-corrected chi connectivity index (χ1v) is 5.88. The minimum absolute atomic E-state index is 0.625. The fraction of sp³-hybridized carbons (Fsp3) is 1.00. The summed E-state index contributed by atoms with van der Waals surface area (Å²) in [6.07, 6.45) is 8.52. The Morgan fingerprint density at radius 2 is 2.17 bits per heavy atom. The summed E-state index contributed by atoms with van der Waals surface area (Å²) in [5.41, 5.74) is 0.625. The molecule has 0 saturated heterocycles. The van der Waals surface area contributed by atoms with Crippen LogP contribution in [0.25, 0.3) is 0 Å². The molecule has 0 nitrogen and oxygen atoms in total. The highest BCUT2D eigenvalue weighted by Crippen LogP contribution is 2.40. The van der Waals surface area contributed by atoms with E-state index < -0.39 is 0 Å². The Hall–Kier alpha value is 0.350. The van der Waals surface area contributed by atoms with E-state index >= 15 is 0 Å². The minimum Gasteiger partial charge on any atom is -0.179 e. The summed E-state index contributed by atoms with van der Waals surface area (Å²) >= 11 is 4.26. The predicted octanol–water partition coefficient (Wildman–Crippen LogP) is 3.91. The van der Waals surface area contributed by atoms with Gasteiger partial charge in [0.05, 0.1) is 0 Å². The van der Waals surface area contributed by atoms with Gasteiger partial charge in [-0.15, -0.1) is 0 Å². The van der Waals surface area contributed by atoms with Crippen molar-refractivity contribution < 1.29 is 0 Å². The third-order valence-corrected chi connectivity index (χ3v) is 3.39. The lowest BCUT2D eigenvalue weighted by Gasteiger charge is -2.35. The molecule has 1 heteroatoms. The van der Waals surface area contributed by atoms with E-state index in [1.54, 1.807) is 0 Å². The molecule has 12 heavy (non-hydrogen) atoms. The first-order valence-electron chi connectivity index (χ1n) is 5.25. The van der Waals surface area contributed by atoms with Crippen molar-refractivity contribution in [2.75, 3.05) is 5.75 Å². The average molecular weight is 186 g/mol. The zero-order valence-electron chi connectivity index (χ0n) is 8.47. The Morgan fingerprint density at radius 1 is 1.42 bits per heavy atom. The molecule has 0 aliphatic heterocycles. The van der Waals surface area contributed by atoms with Crippen LogP contribution in [0.5, 0.6) is 0 Å². The molecule has 0 aromatic carbocycles. The van der Waals surface area contributed by atoms with Gasteiger partial charge in [0.25, 0.3) is 0 Å². The molecule has 1 rings (SSSR count). The normalized spacial score (nSPS) is 28.8. The van der Waals surface area contributed by atoms with Gasteiger partial charge in [0, 0.05) is 0 Å². The molecule has 1 saturated carbocycles. The molecule has 1 unspecified atom stereocenters. The third-order valence-electron chi connectivity index (χ3n) is 3.08. The number of thiol groups is 1. The van der Waals surface area contributed by atoms with Gasteiger partial charge in [-0.25, -0.2) is 0 Å². The van der Waals surface area contributed by atoms with Gasteiger partial charge in [-0.05, 0) is 42.8 Å². The molecule has 0 N–H and O–H groups in total. The van der Waals surface area contributed by atoms with E-state index in [9.17, 15) is 0 Å². The maximum Gasteiger partial charge on any atom is -0.00978 e. The summed E-state index contributed by atoms with van der Waals surface area (Å²) in [6.45, 7) is 4.83. The molecule has 72 valence electrons. The van der Waals surface area contributed by atoms with Crippen LogP contribution in [0.3, 0.4) is 0 Å². The minimum atomic E-state index is 0.625. The lowest BCUT2D eigenvalue weighted by Crippen LogP contribution is -2.22. The molecule has 0 heterocycles. The summed E-state index contributed by atoms with van der Waals surface area (Å²) in [7, 11) is 0. The van der Waals surface area contributed by atoms with Gasteiger partial charge >= 0.3 is 0 Å². The highest BCUT2D eigenvalue weighted by atomic mass is 32.1. The zero-order valence-corrected chi connectivity index (χ0v) is 9.37. The second kappa shape index (κ2) is 4.55. The lowest BCUT2D eigenvalue weighted by molar-refractivity contribution is 0.173. The van der Waals surface area contributed by atoms with Crippen molar-refractivity contribution in [1.29, 1.82) is 0 Å². The van der Waals surface area contributed by atoms with Gasteiger partial charge in [0.2, 0.25) is 0 Å². The van der Waals surface area contributed by atoms with Gasteiger partial charge in [-0.3, -0.25) is 0 Å². The van der Waals surface area contributed by atoms with Crippen molar-refractivity contribution in [3.05, 3.63) is 0 Å². The largest absolute Gasteiger partial charge is 0.179 e. The number of rotatable bonds is 3. The number of hydrogen-bond acceptors (Lipinski definition) is 1. The monoisotopic (exact) mass is 186 g/mol. The number of hydrogen-bond donors (Lipinski definition) is 1. The highest BCUT2D eigenvalue weighted by molar-refractivity contribution is 7.80. The first-order chi connectivity index (χ1) is 5.64. The topological polar surface area (TPSA) is 0 Å². The van der Waals surface area contributed by atoms with E-state index in [-0.39, 0.29) is 0 Å². The van der Waals surface area contributed by atoms with Crippen LogP contribution in [0.4, 0.5) is 0 Å². The van der Waals surface area contributed by atoms with Crippen LogP contribution in [-0.4, -0.2) is 5.75 Å².